The van der Waals surface area contributed by atoms with Gasteiger partial charge < -0.3 is 19.7 Å². The number of pyridine rings is 1. The number of methoxy groups -OCH3 is 1. The minimum absolute atomic E-state index is 0.101. The van der Waals surface area contributed by atoms with Gasteiger partial charge in [-0.05, 0) is 55.0 Å². The number of benzene rings is 2. The molecular weight excluding hydrogens is 482 g/mol. The van der Waals surface area contributed by atoms with E-state index in [2.05, 4.69) is 9.97 Å². The smallest absolute Gasteiger partial charge is 0.301 e. The molecule has 1 fully saturated rings. The molecule has 0 spiro atoms. The van der Waals surface area contributed by atoms with Gasteiger partial charge in [0.1, 0.15) is 11.5 Å². The quantitative estimate of drug-likeness (QED) is 0.225. The standard InChI is InChI=1S/C26H21N3O6S/c1-3-35-16-5-6-17-20(13-16)36-26(28-17)29-22(15-4-7-18(30)19(12-15)34-2)21(24(32)25(29)33)23(31)14-8-10-27-11-9-14/h4-13,22,30-31H,3H2,1-2H3/b23-21+. The van der Waals surface area contributed by atoms with Crippen LogP contribution in [0, 0.1) is 0 Å². The molecular formula is C26H21N3O6S. The third-order valence-corrected chi connectivity index (χ3v) is 6.80. The Morgan fingerprint density at radius 1 is 1.11 bits per heavy atom. The van der Waals surface area contributed by atoms with Crippen LogP contribution >= 0.6 is 11.3 Å². The Bertz CT molecular complexity index is 1510. The molecule has 1 aliphatic rings. The van der Waals surface area contributed by atoms with Crippen LogP contribution in [-0.2, 0) is 9.59 Å². The van der Waals surface area contributed by atoms with Crippen molar-refractivity contribution in [1.82, 2.24) is 9.97 Å². The van der Waals surface area contributed by atoms with Crippen LogP contribution in [0.3, 0.4) is 0 Å². The van der Waals surface area contributed by atoms with Crippen molar-refractivity contribution in [2.45, 2.75) is 13.0 Å². The van der Waals surface area contributed by atoms with Crippen LogP contribution in [0.2, 0.25) is 0 Å². The van der Waals surface area contributed by atoms with E-state index in [-0.39, 0.29) is 28.0 Å². The summed E-state index contributed by atoms with van der Waals surface area (Å²) >= 11 is 1.23. The van der Waals surface area contributed by atoms with Crippen LogP contribution < -0.4 is 14.4 Å². The Kier molecular flexibility index (Phi) is 6.03. The third kappa shape index (κ3) is 3.91. The number of aliphatic hydroxyl groups excluding tert-OH is 1. The molecule has 3 heterocycles. The molecule has 5 rings (SSSR count). The van der Waals surface area contributed by atoms with Gasteiger partial charge >= 0.3 is 5.91 Å². The second-order valence-electron chi connectivity index (χ2n) is 7.90. The highest BCUT2D eigenvalue weighted by atomic mass is 32.1. The van der Waals surface area contributed by atoms with Gasteiger partial charge in [0.05, 0.1) is 35.5 Å². The molecule has 0 radical (unpaired) electrons. The lowest BCUT2D eigenvalue weighted by Crippen LogP contribution is -2.29. The van der Waals surface area contributed by atoms with Gasteiger partial charge in [0, 0.05) is 18.0 Å². The first kappa shape index (κ1) is 23.3. The number of carbonyl (C=O) groups excluding carboxylic acids is 2. The molecule has 36 heavy (non-hydrogen) atoms. The van der Waals surface area contributed by atoms with Crippen molar-refractivity contribution in [2.75, 3.05) is 18.6 Å². The monoisotopic (exact) mass is 503 g/mol. The van der Waals surface area contributed by atoms with Crippen molar-refractivity contribution in [3.8, 4) is 17.2 Å². The number of carbonyl (C=O) groups is 2. The van der Waals surface area contributed by atoms with Crippen LogP contribution in [0.4, 0.5) is 5.13 Å². The minimum Gasteiger partial charge on any atom is -0.507 e. The molecule has 182 valence electrons. The first-order chi connectivity index (χ1) is 17.4. The number of ether oxygens (including phenoxy) is 2. The van der Waals surface area contributed by atoms with Gasteiger partial charge in [-0.25, -0.2) is 4.98 Å². The van der Waals surface area contributed by atoms with Gasteiger partial charge in [0.15, 0.2) is 16.6 Å². The van der Waals surface area contributed by atoms with Crippen LogP contribution in [0.15, 0.2) is 66.5 Å². The van der Waals surface area contributed by atoms with Crippen LogP contribution in [0.25, 0.3) is 16.0 Å². The second kappa shape index (κ2) is 9.31. The number of ketones is 1. The van der Waals surface area contributed by atoms with Crippen LogP contribution in [0.5, 0.6) is 17.2 Å². The first-order valence-corrected chi connectivity index (χ1v) is 11.9. The van der Waals surface area contributed by atoms with Crippen molar-refractivity contribution in [2.24, 2.45) is 0 Å². The number of Topliss-reactive ketones (excluding diaryl/α,β-unsaturated/α-hetero) is 1. The van der Waals surface area contributed by atoms with Gasteiger partial charge in [0.2, 0.25) is 0 Å². The number of aromatic nitrogens is 2. The summed E-state index contributed by atoms with van der Waals surface area (Å²) in [6.07, 6.45) is 2.96. The Balaban J connectivity index is 1.72. The number of anilines is 1. The Morgan fingerprint density at radius 2 is 1.89 bits per heavy atom. The number of phenolic OH excluding ortho intramolecular Hbond substituents is 1. The number of amides is 1. The lowest BCUT2D eigenvalue weighted by Gasteiger charge is -2.23. The number of fused-ring (bicyclic) bond motifs is 1. The number of hydrogen-bond acceptors (Lipinski definition) is 9. The average molecular weight is 504 g/mol. The van der Waals surface area contributed by atoms with Crippen LogP contribution in [-0.4, -0.2) is 45.6 Å². The van der Waals surface area contributed by atoms with E-state index in [0.717, 1.165) is 4.70 Å². The summed E-state index contributed by atoms with van der Waals surface area (Å²) in [6.45, 7) is 2.39. The summed E-state index contributed by atoms with van der Waals surface area (Å²) in [5.41, 5.74) is 1.32. The molecule has 10 heteroatoms. The molecule has 1 aliphatic heterocycles. The maximum Gasteiger partial charge on any atom is 0.301 e. The van der Waals surface area contributed by atoms with Crippen LogP contribution in [0.1, 0.15) is 24.1 Å². The Hall–Kier alpha value is -4.44. The second-order valence-corrected chi connectivity index (χ2v) is 8.90. The molecule has 2 N–H and O–H groups in total. The molecule has 0 bridgehead atoms. The fourth-order valence-corrected chi connectivity index (χ4v) is 5.15. The molecule has 0 aliphatic carbocycles. The zero-order valence-corrected chi connectivity index (χ0v) is 20.2. The predicted octanol–water partition coefficient (Wildman–Crippen LogP) is 4.43. The topological polar surface area (TPSA) is 122 Å². The van der Waals surface area contributed by atoms with E-state index in [4.69, 9.17) is 9.47 Å². The van der Waals surface area contributed by atoms with Gasteiger partial charge in [-0.1, -0.05) is 17.4 Å². The SMILES string of the molecule is CCOc1ccc2nc(N3C(=O)C(=O)/C(=C(/O)c4ccncc4)C3c3ccc(O)c(OC)c3)sc2c1. The highest BCUT2D eigenvalue weighted by molar-refractivity contribution is 7.22. The molecule has 2 aromatic heterocycles. The molecule has 2 aromatic carbocycles. The summed E-state index contributed by atoms with van der Waals surface area (Å²) in [5.74, 6) is -1.29. The van der Waals surface area contributed by atoms with Gasteiger partial charge in [-0.2, -0.15) is 0 Å². The number of hydrogen-bond donors (Lipinski definition) is 2. The predicted molar refractivity (Wildman–Crippen MR) is 134 cm³/mol. The van der Waals surface area contributed by atoms with E-state index >= 15 is 0 Å². The largest absolute Gasteiger partial charge is 0.507 e. The van der Waals surface area contributed by atoms with E-state index in [1.165, 1.54) is 47.9 Å². The van der Waals surface area contributed by atoms with E-state index in [1.54, 1.807) is 30.3 Å². The molecule has 9 nitrogen and oxygen atoms in total. The number of nitrogens with zero attached hydrogens (tertiary/aromatic N) is 3. The van der Waals surface area contributed by atoms with E-state index in [1.807, 2.05) is 13.0 Å². The summed E-state index contributed by atoms with van der Waals surface area (Å²) < 4.78 is 11.6. The maximum atomic E-state index is 13.4. The summed E-state index contributed by atoms with van der Waals surface area (Å²) in [6, 6.07) is 12.0. The van der Waals surface area contributed by atoms with Gasteiger partial charge in [-0.3, -0.25) is 19.5 Å². The summed E-state index contributed by atoms with van der Waals surface area (Å²) in [5, 5.41) is 21.6. The molecule has 1 saturated heterocycles. The zero-order chi connectivity index (χ0) is 25.4. The van der Waals surface area contributed by atoms with Gasteiger partial charge in [0.25, 0.3) is 5.78 Å². The minimum atomic E-state index is -1.01. The average Bonchev–Trinajstić information content (AvgIpc) is 3.42. The van der Waals surface area contributed by atoms with Gasteiger partial charge in [-0.15, -0.1) is 0 Å². The maximum absolute atomic E-state index is 13.4. The zero-order valence-electron chi connectivity index (χ0n) is 19.3. The number of thiazole rings is 1. The van der Waals surface area contributed by atoms with E-state index in [0.29, 0.717) is 29.0 Å². The molecule has 1 unspecified atom stereocenters. The summed E-state index contributed by atoms with van der Waals surface area (Å²) in [7, 11) is 1.40. The van der Waals surface area contributed by atoms with Crippen molar-refractivity contribution in [3.63, 3.8) is 0 Å². The normalized spacial score (nSPS) is 17.1. The summed E-state index contributed by atoms with van der Waals surface area (Å²) in [4.78, 5) is 36.5. The number of aliphatic hydroxyl groups is 1. The number of aromatic hydroxyl groups is 1. The fourth-order valence-electron chi connectivity index (χ4n) is 4.13. The first-order valence-electron chi connectivity index (χ1n) is 11.0. The number of rotatable bonds is 6. The molecule has 4 aromatic rings. The third-order valence-electron chi connectivity index (χ3n) is 5.78. The highest BCUT2D eigenvalue weighted by Gasteiger charge is 2.48. The van der Waals surface area contributed by atoms with Crippen molar-refractivity contribution in [1.29, 1.82) is 0 Å². The van der Waals surface area contributed by atoms with Crippen molar-refractivity contribution < 1.29 is 29.3 Å². The van der Waals surface area contributed by atoms with E-state index < -0.39 is 17.7 Å². The highest BCUT2D eigenvalue weighted by Crippen LogP contribution is 2.45. The Morgan fingerprint density at radius 3 is 2.61 bits per heavy atom. The molecule has 0 saturated carbocycles. The molecule has 1 atom stereocenters. The fraction of sp³-hybridized carbons (Fsp3) is 0.154. The lowest BCUT2D eigenvalue weighted by atomic mass is 9.95. The lowest BCUT2D eigenvalue weighted by molar-refractivity contribution is -0.132. The molecule has 1 amide bonds. The van der Waals surface area contributed by atoms with Crippen molar-refractivity contribution in [3.05, 3.63) is 77.6 Å². The van der Waals surface area contributed by atoms with E-state index in [9.17, 15) is 19.8 Å². The Labute approximate surface area is 209 Å². The van der Waals surface area contributed by atoms with Crippen molar-refractivity contribution >= 4 is 44.1 Å². The number of phenols is 1.